The van der Waals surface area contributed by atoms with Crippen LogP contribution in [0.4, 0.5) is 0 Å². The summed E-state index contributed by atoms with van der Waals surface area (Å²) in [5, 5.41) is 40.4. The molecule has 1 aliphatic rings. The Morgan fingerprint density at radius 1 is 1.39 bits per heavy atom. The van der Waals surface area contributed by atoms with Gasteiger partial charge in [0.15, 0.2) is 6.10 Å². The van der Waals surface area contributed by atoms with Gasteiger partial charge in [-0.2, -0.15) is 0 Å². The third kappa shape index (κ3) is 4.64. The molecule has 0 aromatic rings. The van der Waals surface area contributed by atoms with Crippen molar-refractivity contribution >= 4 is 11.9 Å². The van der Waals surface area contributed by atoms with Gasteiger partial charge < -0.3 is 35.2 Å². The number of rotatable bonds is 7. The van der Waals surface area contributed by atoms with Crippen LogP contribution >= 0.6 is 0 Å². The number of carbonyl (C=O) groups is 2. The minimum atomic E-state index is -1.63. The summed E-state index contributed by atoms with van der Waals surface area (Å²) >= 11 is 0. The molecule has 0 saturated heterocycles. The Labute approximate surface area is 133 Å². The normalized spacial score (nSPS) is 26.9. The van der Waals surface area contributed by atoms with Gasteiger partial charge in [0.25, 0.3) is 0 Å². The molecule has 23 heavy (non-hydrogen) atoms. The number of aliphatic carboxylic acids is 1. The molecule has 9 nitrogen and oxygen atoms in total. The van der Waals surface area contributed by atoms with Gasteiger partial charge in [0.1, 0.15) is 18.3 Å². The summed E-state index contributed by atoms with van der Waals surface area (Å²) in [5.41, 5.74) is 0. The maximum absolute atomic E-state index is 11.9. The summed E-state index contributed by atoms with van der Waals surface area (Å²) < 4.78 is 10.4. The van der Waals surface area contributed by atoms with Gasteiger partial charge in [-0.1, -0.05) is 13.8 Å². The highest BCUT2D eigenvalue weighted by Gasteiger charge is 2.44. The van der Waals surface area contributed by atoms with Crippen molar-refractivity contribution in [3.63, 3.8) is 0 Å². The van der Waals surface area contributed by atoms with Crippen LogP contribution in [0.2, 0.25) is 0 Å². The van der Waals surface area contributed by atoms with Crippen molar-refractivity contribution in [2.75, 3.05) is 13.7 Å². The van der Waals surface area contributed by atoms with Crippen molar-refractivity contribution < 1.29 is 39.5 Å². The van der Waals surface area contributed by atoms with E-state index in [1.165, 1.54) is 13.2 Å². The average Bonchev–Trinajstić information content (AvgIpc) is 2.52. The Bertz CT molecular complexity index is 464. The molecule has 1 aliphatic heterocycles. The smallest absolute Gasteiger partial charge is 0.370 e. The zero-order valence-corrected chi connectivity index (χ0v) is 13.2. The lowest BCUT2D eigenvalue weighted by Gasteiger charge is -2.39. The van der Waals surface area contributed by atoms with Crippen molar-refractivity contribution in [3.8, 4) is 0 Å². The van der Waals surface area contributed by atoms with E-state index < -0.39 is 48.8 Å². The number of amides is 1. The molecule has 0 radical (unpaired) electrons. The van der Waals surface area contributed by atoms with Gasteiger partial charge in [0.2, 0.25) is 11.7 Å². The number of hydrogen-bond donors (Lipinski definition) is 5. The fourth-order valence-electron chi connectivity index (χ4n) is 2.14. The molecule has 1 rings (SSSR count). The van der Waals surface area contributed by atoms with Gasteiger partial charge in [-0.25, -0.2) is 4.79 Å². The fourth-order valence-corrected chi connectivity index (χ4v) is 2.14. The van der Waals surface area contributed by atoms with Crippen molar-refractivity contribution in [3.05, 3.63) is 11.8 Å². The summed E-state index contributed by atoms with van der Waals surface area (Å²) in [5.74, 6) is -2.57. The SMILES string of the molecule is CO[C@@H]1C=C(C(=O)O)O[C@@H]([C@H](O)[C@H](O)CO)[C@@H]1NC(=O)C(C)C. The molecule has 0 fully saturated rings. The Morgan fingerprint density at radius 2 is 2.00 bits per heavy atom. The third-order valence-corrected chi connectivity index (χ3v) is 3.52. The van der Waals surface area contributed by atoms with Gasteiger partial charge in [-0.3, -0.25) is 4.79 Å². The molecule has 0 spiro atoms. The van der Waals surface area contributed by atoms with Gasteiger partial charge in [-0.05, 0) is 6.08 Å². The molecule has 0 saturated carbocycles. The minimum Gasteiger partial charge on any atom is -0.478 e. The monoisotopic (exact) mass is 333 g/mol. The van der Waals surface area contributed by atoms with E-state index in [1.807, 2.05) is 0 Å². The van der Waals surface area contributed by atoms with Crippen molar-refractivity contribution in [2.45, 2.75) is 44.3 Å². The second-order valence-electron chi connectivity index (χ2n) is 5.55. The van der Waals surface area contributed by atoms with E-state index in [-0.39, 0.29) is 11.8 Å². The summed E-state index contributed by atoms with van der Waals surface area (Å²) in [6.07, 6.45) is -4.21. The molecule has 1 heterocycles. The highest BCUT2D eigenvalue weighted by Crippen LogP contribution is 2.24. The van der Waals surface area contributed by atoms with Crippen molar-refractivity contribution in [1.82, 2.24) is 5.32 Å². The second-order valence-corrected chi connectivity index (χ2v) is 5.55. The van der Waals surface area contributed by atoms with E-state index in [1.54, 1.807) is 13.8 Å². The lowest BCUT2D eigenvalue weighted by molar-refractivity contribution is -0.151. The zero-order chi connectivity index (χ0) is 17.7. The number of nitrogens with one attached hydrogen (secondary N) is 1. The van der Waals surface area contributed by atoms with Crippen LogP contribution in [0.15, 0.2) is 11.8 Å². The third-order valence-electron chi connectivity index (χ3n) is 3.52. The Hall–Kier alpha value is -1.68. The molecule has 5 atom stereocenters. The van der Waals surface area contributed by atoms with Crippen LogP contribution in [-0.4, -0.2) is 76.5 Å². The number of carboxylic acids is 1. The second kappa shape index (κ2) is 8.25. The number of methoxy groups -OCH3 is 1. The van der Waals surface area contributed by atoms with Crippen LogP contribution in [0.1, 0.15) is 13.8 Å². The first kappa shape index (κ1) is 19.4. The maximum atomic E-state index is 11.9. The maximum Gasteiger partial charge on any atom is 0.370 e. The van der Waals surface area contributed by atoms with E-state index in [0.717, 1.165) is 0 Å². The molecular weight excluding hydrogens is 310 g/mol. The number of aliphatic hydroxyl groups excluding tert-OH is 3. The number of ether oxygens (including phenoxy) is 2. The average molecular weight is 333 g/mol. The van der Waals surface area contributed by atoms with Crippen LogP contribution < -0.4 is 5.32 Å². The number of carboxylic acid groups (broad SMARTS) is 1. The topological polar surface area (TPSA) is 146 Å². The van der Waals surface area contributed by atoms with Gasteiger partial charge in [-0.15, -0.1) is 0 Å². The summed E-state index contributed by atoms with van der Waals surface area (Å²) in [7, 11) is 1.31. The van der Waals surface area contributed by atoms with Crippen LogP contribution in [0.5, 0.6) is 0 Å². The Kier molecular flexibility index (Phi) is 6.95. The Balaban J connectivity index is 3.15. The molecule has 5 N–H and O–H groups in total. The van der Waals surface area contributed by atoms with Crippen LogP contribution in [-0.2, 0) is 19.1 Å². The first-order valence-corrected chi connectivity index (χ1v) is 7.14. The van der Waals surface area contributed by atoms with Crippen LogP contribution in [0, 0.1) is 5.92 Å². The van der Waals surface area contributed by atoms with Crippen LogP contribution in [0.3, 0.4) is 0 Å². The fraction of sp³-hybridized carbons (Fsp3) is 0.714. The van der Waals surface area contributed by atoms with E-state index in [4.69, 9.17) is 19.7 Å². The quantitative estimate of drug-likeness (QED) is 0.368. The van der Waals surface area contributed by atoms with E-state index >= 15 is 0 Å². The highest BCUT2D eigenvalue weighted by atomic mass is 16.5. The van der Waals surface area contributed by atoms with Gasteiger partial charge in [0, 0.05) is 13.0 Å². The van der Waals surface area contributed by atoms with E-state index in [0.29, 0.717) is 0 Å². The van der Waals surface area contributed by atoms with Gasteiger partial charge in [0.05, 0.1) is 12.6 Å². The molecule has 0 aromatic heterocycles. The van der Waals surface area contributed by atoms with Crippen molar-refractivity contribution in [2.24, 2.45) is 5.92 Å². The van der Waals surface area contributed by atoms with Crippen molar-refractivity contribution in [1.29, 1.82) is 0 Å². The molecule has 9 heteroatoms. The molecule has 0 aliphatic carbocycles. The first-order valence-electron chi connectivity index (χ1n) is 7.14. The minimum absolute atomic E-state index is 0.358. The number of aliphatic hydroxyl groups is 3. The largest absolute Gasteiger partial charge is 0.478 e. The standard InChI is InChI=1S/C14H23NO8/c1-6(2)13(19)15-10-8(22-3)4-9(14(20)21)23-12(10)11(18)7(17)5-16/h4,6-8,10-12,16-18H,5H2,1-3H3,(H,15,19)(H,20,21)/t7-,8-,10-,11-,12-/m1/s1. The van der Waals surface area contributed by atoms with E-state index in [2.05, 4.69) is 5.32 Å². The lowest BCUT2D eigenvalue weighted by Crippen LogP contribution is -2.61. The molecule has 0 unspecified atom stereocenters. The summed E-state index contributed by atoms with van der Waals surface area (Å²) in [6.45, 7) is 2.57. The van der Waals surface area contributed by atoms with Gasteiger partial charge >= 0.3 is 5.97 Å². The molecule has 1 amide bonds. The lowest BCUT2D eigenvalue weighted by atomic mass is 9.93. The van der Waals surface area contributed by atoms with E-state index in [9.17, 15) is 19.8 Å². The highest BCUT2D eigenvalue weighted by molar-refractivity contribution is 5.85. The molecule has 132 valence electrons. The van der Waals surface area contributed by atoms with Crippen LogP contribution in [0.25, 0.3) is 0 Å². The number of carbonyl (C=O) groups excluding carboxylic acids is 1. The molecule has 0 bridgehead atoms. The molecule has 0 aromatic carbocycles. The predicted molar refractivity (Wildman–Crippen MR) is 77.3 cm³/mol. The summed E-state index contributed by atoms with van der Waals surface area (Å²) in [4.78, 5) is 23.1. The summed E-state index contributed by atoms with van der Waals surface area (Å²) in [6, 6.07) is -0.936. The predicted octanol–water partition coefficient (Wildman–Crippen LogP) is -1.78. The molecular formula is C14H23NO8. The zero-order valence-electron chi connectivity index (χ0n) is 13.2. The first-order chi connectivity index (χ1) is 10.7. The Morgan fingerprint density at radius 3 is 2.43 bits per heavy atom. The number of hydrogen-bond acceptors (Lipinski definition) is 7.